The number of nitrogens with zero attached hydrogens (tertiary/aromatic N) is 1. The number of piperidine rings is 1. The Morgan fingerprint density at radius 2 is 2.00 bits per heavy atom. The predicted molar refractivity (Wildman–Crippen MR) is 76.1 cm³/mol. The SMILES string of the molecule is CC1CCC(C(N)=O)CN1Cc1ccccc1CN. The van der Waals surface area contributed by atoms with Gasteiger partial charge in [0.1, 0.15) is 0 Å². The molecule has 2 atom stereocenters. The number of hydrogen-bond donors (Lipinski definition) is 2. The third-order valence-electron chi connectivity index (χ3n) is 4.13. The van der Waals surface area contributed by atoms with Gasteiger partial charge in [0.05, 0.1) is 5.92 Å². The van der Waals surface area contributed by atoms with Crippen molar-refractivity contribution in [3.63, 3.8) is 0 Å². The zero-order valence-electron chi connectivity index (χ0n) is 11.5. The standard InChI is InChI=1S/C15H23N3O/c1-11-6-7-14(15(17)19)10-18(11)9-13-5-3-2-4-12(13)8-16/h2-5,11,14H,6-10,16H2,1H3,(H2,17,19). The highest BCUT2D eigenvalue weighted by atomic mass is 16.1. The maximum Gasteiger partial charge on any atom is 0.221 e. The molecule has 1 aromatic carbocycles. The molecule has 0 aromatic heterocycles. The lowest BCUT2D eigenvalue weighted by molar-refractivity contribution is -0.124. The Labute approximate surface area is 114 Å². The average Bonchev–Trinajstić information content (AvgIpc) is 2.41. The molecule has 1 fully saturated rings. The molecular weight excluding hydrogens is 238 g/mol. The highest BCUT2D eigenvalue weighted by Crippen LogP contribution is 2.24. The first-order valence-electron chi connectivity index (χ1n) is 6.92. The summed E-state index contributed by atoms with van der Waals surface area (Å²) in [7, 11) is 0. The minimum atomic E-state index is -0.177. The molecule has 104 valence electrons. The minimum absolute atomic E-state index is 0.0127. The van der Waals surface area contributed by atoms with Crippen molar-refractivity contribution in [1.82, 2.24) is 4.90 Å². The number of likely N-dealkylation sites (tertiary alicyclic amines) is 1. The van der Waals surface area contributed by atoms with E-state index in [2.05, 4.69) is 24.0 Å². The number of amides is 1. The average molecular weight is 261 g/mol. The van der Waals surface area contributed by atoms with Crippen molar-refractivity contribution in [1.29, 1.82) is 0 Å². The van der Waals surface area contributed by atoms with Gasteiger partial charge in [-0.05, 0) is 30.9 Å². The van der Waals surface area contributed by atoms with E-state index in [9.17, 15) is 4.79 Å². The monoisotopic (exact) mass is 261 g/mol. The van der Waals surface area contributed by atoms with Crippen LogP contribution in [0, 0.1) is 5.92 Å². The molecule has 1 heterocycles. The van der Waals surface area contributed by atoms with Crippen LogP contribution in [0.25, 0.3) is 0 Å². The first-order valence-corrected chi connectivity index (χ1v) is 6.92. The van der Waals surface area contributed by atoms with Crippen LogP contribution < -0.4 is 11.5 Å². The zero-order chi connectivity index (χ0) is 13.8. The number of carbonyl (C=O) groups excluding carboxylic acids is 1. The first-order chi connectivity index (χ1) is 9.11. The molecule has 0 spiro atoms. The molecule has 0 bridgehead atoms. The summed E-state index contributed by atoms with van der Waals surface area (Å²) in [5, 5.41) is 0. The summed E-state index contributed by atoms with van der Waals surface area (Å²) in [4.78, 5) is 13.7. The second kappa shape index (κ2) is 6.17. The molecule has 1 saturated heterocycles. The van der Waals surface area contributed by atoms with Crippen molar-refractivity contribution in [2.45, 2.75) is 38.9 Å². The van der Waals surface area contributed by atoms with Crippen molar-refractivity contribution < 1.29 is 4.79 Å². The van der Waals surface area contributed by atoms with Gasteiger partial charge in [-0.15, -0.1) is 0 Å². The molecule has 1 amide bonds. The van der Waals surface area contributed by atoms with E-state index >= 15 is 0 Å². The van der Waals surface area contributed by atoms with E-state index < -0.39 is 0 Å². The molecule has 2 unspecified atom stereocenters. The van der Waals surface area contributed by atoms with Crippen LogP contribution in [0.4, 0.5) is 0 Å². The summed E-state index contributed by atoms with van der Waals surface area (Å²) in [6, 6.07) is 8.71. The Morgan fingerprint density at radius 1 is 1.32 bits per heavy atom. The molecular formula is C15H23N3O. The molecule has 4 nitrogen and oxygen atoms in total. The van der Waals surface area contributed by atoms with Crippen LogP contribution in [0.5, 0.6) is 0 Å². The number of hydrogen-bond acceptors (Lipinski definition) is 3. The normalized spacial score (nSPS) is 24.3. The molecule has 0 aliphatic carbocycles. The maximum absolute atomic E-state index is 11.4. The quantitative estimate of drug-likeness (QED) is 0.856. The van der Waals surface area contributed by atoms with E-state index in [-0.39, 0.29) is 11.8 Å². The van der Waals surface area contributed by atoms with Crippen molar-refractivity contribution in [3.8, 4) is 0 Å². The van der Waals surface area contributed by atoms with E-state index in [0.717, 1.165) is 25.9 Å². The molecule has 19 heavy (non-hydrogen) atoms. The van der Waals surface area contributed by atoms with Gasteiger partial charge in [-0.1, -0.05) is 24.3 Å². The van der Waals surface area contributed by atoms with Crippen LogP contribution in [0.15, 0.2) is 24.3 Å². The zero-order valence-corrected chi connectivity index (χ0v) is 11.5. The van der Waals surface area contributed by atoms with Crippen molar-refractivity contribution in [2.24, 2.45) is 17.4 Å². The minimum Gasteiger partial charge on any atom is -0.369 e. The van der Waals surface area contributed by atoms with Gasteiger partial charge >= 0.3 is 0 Å². The first kappa shape index (κ1) is 14.0. The van der Waals surface area contributed by atoms with Crippen LogP contribution in [0.2, 0.25) is 0 Å². The Balaban J connectivity index is 2.10. The van der Waals surface area contributed by atoms with Gasteiger partial charge in [0, 0.05) is 25.7 Å². The molecule has 1 aliphatic heterocycles. The van der Waals surface area contributed by atoms with Gasteiger partial charge in [-0.3, -0.25) is 9.69 Å². The lowest BCUT2D eigenvalue weighted by Gasteiger charge is -2.37. The number of carbonyl (C=O) groups is 1. The van der Waals surface area contributed by atoms with Gasteiger partial charge in [-0.2, -0.15) is 0 Å². The summed E-state index contributed by atoms with van der Waals surface area (Å²) in [6.45, 7) is 4.37. The van der Waals surface area contributed by atoms with E-state index in [4.69, 9.17) is 11.5 Å². The van der Waals surface area contributed by atoms with Crippen LogP contribution >= 0.6 is 0 Å². The summed E-state index contributed by atoms with van der Waals surface area (Å²) >= 11 is 0. The molecule has 1 aromatic rings. The van der Waals surface area contributed by atoms with Gasteiger partial charge in [0.15, 0.2) is 0 Å². The van der Waals surface area contributed by atoms with Crippen LogP contribution in [-0.4, -0.2) is 23.4 Å². The Hall–Kier alpha value is -1.39. The maximum atomic E-state index is 11.4. The number of primary amides is 1. The fraction of sp³-hybridized carbons (Fsp3) is 0.533. The largest absolute Gasteiger partial charge is 0.369 e. The molecule has 0 radical (unpaired) electrons. The fourth-order valence-corrected chi connectivity index (χ4v) is 2.76. The Bertz CT molecular complexity index is 447. The fourth-order valence-electron chi connectivity index (χ4n) is 2.76. The van der Waals surface area contributed by atoms with E-state index in [1.54, 1.807) is 0 Å². The lowest BCUT2D eigenvalue weighted by Crippen LogP contribution is -2.45. The third kappa shape index (κ3) is 3.33. The molecule has 4 heteroatoms. The van der Waals surface area contributed by atoms with Gasteiger partial charge in [-0.25, -0.2) is 0 Å². The van der Waals surface area contributed by atoms with Gasteiger partial charge < -0.3 is 11.5 Å². The summed E-state index contributed by atoms with van der Waals surface area (Å²) in [5.74, 6) is -0.190. The van der Waals surface area contributed by atoms with Crippen LogP contribution in [-0.2, 0) is 17.9 Å². The third-order valence-corrected chi connectivity index (χ3v) is 4.13. The van der Waals surface area contributed by atoms with E-state index in [1.807, 2.05) is 12.1 Å². The van der Waals surface area contributed by atoms with Crippen LogP contribution in [0.3, 0.4) is 0 Å². The summed E-state index contributed by atoms with van der Waals surface area (Å²) in [6.07, 6.45) is 1.93. The highest BCUT2D eigenvalue weighted by Gasteiger charge is 2.28. The van der Waals surface area contributed by atoms with Crippen molar-refractivity contribution >= 4 is 5.91 Å². The molecule has 2 rings (SSSR count). The molecule has 0 saturated carbocycles. The summed E-state index contributed by atoms with van der Waals surface area (Å²) < 4.78 is 0. The predicted octanol–water partition coefficient (Wildman–Crippen LogP) is 1.23. The van der Waals surface area contributed by atoms with Gasteiger partial charge in [0.2, 0.25) is 5.91 Å². The second-order valence-corrected chi connectivity index (χ2v) is 5.43. The van der Waals surface area contributed by atoms with Crippen molar-refractivity contribution in [2.75, 3.05) is 6.54 Å². The van der Waals surface area contributed by atoms with E-state index in [1.165, 1.54) is 11.1 Å². The Morgan fingerprint density at radius 3 is 2.63 bits per heavy atom. The number of nitrogens with two attached hydrogens (primary N) is 2. The van der Waals surface area contributed by atoms with Gasteiger partial charge in [0.25, 0.3) is 0 Å². The topological polar surface area (TPSA) is 72.4 Å². The highest BCUT2D eigenvalue weighted by molar-refractivity contribution is 5.77. The smallest absolute Gasteiger partial charge is 0.221 e. The summed E-state index contributed by atoms with van der Waals surface area (Å²) in [5.41, 5.74) is 13.6. The van der Waals surface area contributed by atoms with Crippen molar-refractivity contribution in [3.05, 3.63) is 35.4 Å². The Kier molecular flexibility index (Phi) is 4.56. The molecule has 4 N–H and O–H groups in total. The van der Waals surface area contributed by atoms with E-state index in [0.29, 0.717) is 12.6 Å². The number of benzene rings is 1. The molecule has 1 aliphatic rings. The second-order valence-electron chi connectivity index (χ2n) is 5.43. The van der Waals surface area contributed by atoms with Crippen LogP contribution in [0.1, 0.15) is 30.9 Å². The lowest BCUT2D eigenvalue weighted by atomic mass is 9.92. The number of rotatable bonds is 4.